The van der Waals surface area contributed by atoms with E-state index in [0.29, 0.717) is 56.3 Å². The molecule has 3 fully saturated rings. The van der Waals surface area contributed by atoms with E-state index in [2.05, 4.69) is 0 Å². The Morgan fingerprint density at radius 3 is 0.943 bits per heavy atom. The fraction of sp³-hybridized carbons (Fsp3) is 1.00. The van der Waals surface area contributed by atoms with E-state index in [9.17, 15) is 61.3 Å². The molecule has 0 aromatic carbocycles. The quantitative estimate of drug-likeness (QED) is 0.0411. The first kappa shape index (κ1) is 47.7. The van der Waals surface area contributed by atoms with Gasteiger partial charge < -0.3 is 89.7 Å². The molecular formula is C32H60O18S3. The third-order valence-electron chi connectivity index (χ3n) is 9.04. The van der Waals surface area contributed by atoms with Crippen LogP contribution in [-0.4, -0.2) is 228 Å². The number of hydrogen-bond acceptors (Lipinski definition) is 21. The van der Waals surface area contributed by atoms with Crippen LogP contribution >= 0.6 is 35.3 Å². The zero-order valence-corrected chi connectivity index (χ0v) is 32.3. The molecule has 0 aromatic heterocycles. The van der Waals surface area contributed by atoms with E-state index in [1.54, 1.807) is 0 Å². The Balaban J connectivity index is 1.41. The van der Waals surface area contributed by atoms with E-state index < -0.39 is 115 Å². The minimum absolute atomic E-state index is 0.275. The largest absolute Gasteiger partial charge is 0.394 e. The smallest absolute Gasteiger partial charge is 0.132 e. The Morgan fingerprint density at radius 2 is 0.698 bits per heavy atom. The van der Waals surface area contributed by atoms with E-state index in [4.69, 9.17) is 28.4 Å². The van der Waals surface area contributed by atoms with Gasteiger partial charge in [0.2, 0.25) is 0 Å². The summed E-state index contributed by atoms with van der Waals surface area (Å²) in [4.78, 5) is 0. The molecule has 21 heteroatoms. The lowest BCUT2D eigenvalue weighted by Gasteiger charge is -2.39. The number of aliphatic hydroxyl groups is 12. The summed E-state index contributed by atoms with van der Waals surface area (Å²) in [5, 5.41) is 119. The lowest BCUT2D eigenvalue weighted by atomic mass is 9.94. The Kier molecular flexibility index (Phi) is 21.9. The van der Waals surface area contributed by atoms with E-state index in [0.717, 1.165) is 0 Å². The Labute approximate surface area is 322 Å². The van der Waals surface area contributed by atoms with Crippen molar-refractivity contribution in [1.29, 1.82) is 0 Å². The highest BCUT2D eigenvalue weighted by atomic mass is 32.2. The van der Waals surface area contributed by atoms with Crippen LogP contribution in [0.15, 0.2) is 0 Å². The van der Waals surface area contributed by atoms with Crippen molar-refractivity contribution in [3.8, 4) is 0 Å². The van der Waals surface area contributed by atoms with Crippen molar-refractivity contribution in [2.45, 2.75) is 116 Å². The third-order valence-corrected chi connectivity index (χ3v) is 12.8. The van der Waals surface area contributed by atoms with Crippen LogP contribution in [-0.2, 0) is 28.4 Å². The van der Waals surface area contributed by atoms with Crippen LogP contribution in [0.5, 0.6) is 0 Å². The van der Waals surface area contributed by atoms with Crippen LogP contribution in [0.2, 0.25) is 0 Å². The topological polar surface area (TPSA) is 298 Å². The third kappa shape index (κ3) is 14.3. The number of rotatable bonds is 24. The molecule has 0 saturated carbocycles. The average Bonchev–Trinajstić information content (AvgIpc) is 3.15. The molecule has 314 valence electrons. The van der Waals surface area contributed by atoms with Crippen LogP contribution < -0.4 is 0 Å². The lowest BCUT2D eigenvalue weighted by Crippen LogP contribution is -2.57. The van der Waals surface area contributed by atoms with E-state index >= 15 is 0 Å². The number of hydrogen-bond donors (Lipinski definition) is 12. The Bertz CT molecular complexity index is 873. The van der Waals surface area contributed by atoms with Crippen molar-refractivity contribution in [3.05, 3.63) is 0 Å². The van der Waals surface area contributed by atoms with Gasteiger partial charge in [0.1, 0.15) is 89.6 Å². The SMILES string of the molecule is CC(COCCCS[C@@H]1OC(CO)[C@H](O)C(O)C1O)(COCCCS[C@@H]1OC(CO)[C@H](O)C(O)C1O)COCCCS[C@@H]1OC(CO)[C@H](O)C(O)C1O. The number of ether oxygens (including phenoxy) is 6. The monoisotopic (exact) mass is 828 g/mol. The number of aliphatic hydroxyl groups excluding tert-OH is 12. The minimum atomic E-state index is -1.44. The second kappa shape index (κ2) is 24.3. The maximum absolute atomic E-state index is 10.3. The highest BCUT2D eigenvalue weighted by molar-refractivity contribution is 8.00. The first-order valence-electron chi connectivity index (χ1n) is 17.8. The van der Waals surface area contributed by atoms with Crippen molar-refractivity contribution < 1.29 is 89.7 Å². The molecular weight excluding hydrogens is 769 g/mol. The van der Waals surface area contributed by atoms with Gasteiger partial charge in [-0.25, -0.2) is 0 Å². The fourth-order valence-corrected chi connectivity index (χ4v) is 9.07. The van der Waals surface area contributed by atoms with Crippen LogP contribution in [0.3, 0.4) is 0 Å². The van der Waals surface area contributed by atoms with Crippen molar-refractivity contribution in [2.75, 3.05) is 76.7 Å². The fourth-order valence-electron chi connectivity index (χ4n) is 5.78. The molecule has 53 heavy (non-hydrogen) atoms. The van der Waals surface area contributed by atoms with Gasteiger partial charge in [-0.2, -0.15) is 0 Å². The number of thioether (sulfide) groups is 3. The zero-order chi connectivity index (χ0) is 39.1. The summed E-state index contributed by atoms with van der Waals surface area (Å²) in [5.41, 5.74) is -3.04. The zero-order valence-electron chi connectivity index (χ0n) is 29.8. The normalized spacial score (nSPS) is 39.2. The van der Waals surface area contributed by atoms with Crippen LogP contribution in [0, 0.1) is 5.41 Å². The molecule has 9 unspecified atom stereocenters. The first-order valence-corrected chi connectivity index (χ1v) is 20.9. The molecule has 0 aromatic rings. The summed E-state index contributed by atoms with van der Waals surface area (Å²) in [7, 11) is 0. The van der Waals surface area contributed by atoms with Crippen LogP contribution in [0.1, 0.15) is 26.2 Å². The average molecular weight is 829 g/mol. The molecule has 15 atom stereocenters. The molecule has 0 spiro atoms. The van der Waals surface area contributed by atoms with Crippen LogP contribution in [0.25, 0.3) is 0 Å². The highest BCUT2D eigenvalue weighted by Gasteiger charge is 2.45. The van der Waals surface area contributed by atoms with Gasteiger partial charge in [-0.15, -0.1) is 35.3 Å². The summed E-state index contributed by atoms with van der Waals surface area (Å²) in [6.45, 7) is 2.33. The van der Waals surface area contributed by atoms with Gasteiger partial charge in [0, 0.05) is 25.2 Å². The first-order chi connectivity index (χ1) is 25.3. The summed E-state index contributed by atoms with van der Waals surface area (Å²) in [5.74, 6) is 1.51. The molecule has 0 aliphatic carbocycles. The van der Waals surface area contributed by atoms with Gasteiger partial charge in [0.05, 0.1) is 39.6 Å². The standard InChI is InChI=1S/C32H60O18S3/c1-32(14-45-5-2-8-51-29-26(42)23(39)20(36)17(11-33)48-29,15-46-6-3-9-52-30-27(43)24(40)21(37)18(12-34)49-30)16-47-7-4-10-53-31-28(44)25(41)22(38)19(13-35)50-31/h17-31,33-44H,2-16H2,1H3/t17?,18?,19?,20-,21-,22-,23?,24?,25?,26?,27?,28?,29-,30-,31-,32?/m0/s1. The van der Waals surface area contributed by atoms with Gasteiger partial charge in [-0.1, -0.05) is 6.92 Å². The Morgan fingerprint density at radius 1 is 0.434 bits per heavy atom. The lowest BCUT2D eigenvalue weighted by molar-refractivity contribution is -0.205. The van der Waals surface area contributed by atoms with Gasteiger partial charge >= 0.3 is 0 Å². The van der Waals surface area contributed by atoms with Gasteiger partial charge in [0.25, 0.3) is 0 Å². The molecule has 3 aliphatic heterocycles. The second-order valence-electron chi connectivity index (χ2n) is 13.7. The molecule has 3 heterocycles. The summed E-state index contributed by atoms with van der Waals surface area (Å²) >= 11 is 3.72. The molecule has 3 saturated heterocycles. The second-order valence-corrected chi connectivity index (χ2v) is 17.4. The maximum atomic E-state index is 10.3. The van der Waals surface area contributed by atoms with Crippen molar-refractivity contribution in [3.63, 3.8) is 0 Å². The van der Waals surface area contributed by atoms with Gasteiger partial charge in [-0.3, -0.25) is 0 Å². The van der Waals surface area contributed by atoms with E-state index in [1.165, 1.54) is 35.3 Å². The van der Waals surface area contributed by atoms with Gasteiger partial charge in [0.15, 0.2) is 0 Å². The Hall–Kier alpha value is 0.330. The van der Waals surface area contributed by atoms with Crippen LogP contribution in [0.4, 0.5) is 0 Å². The van der Waals surface area contributed by atoms with E-state index in [-0.39, 0.29) is 19.8 Å². The highest BCUT2D eigenvalue weighted by Crippen LogP contribution is 2.31. The molecule has 0 radical (unpaired) electrons. The minimum Gasteiger partial charge on any atom is -0.394 e. The van der Waals surface area contributed by atoms with Gasteiger partial charge in [-0.05, 0) is 36.5 Å². The van der Waals surface area contributed by atoms with Crippen molar-refractivity contribution in [1.82, 2.24) is 0 Å². The molecule has 3 rings (SSSR count). The maximum Gasteiger partial charge on any atom is 0.132 e. The molecule has 12 N–H and O–H groups in total. The summed E-state index contributed by atoms with van der Waals surface area (Å²) in [6, 6.07) is 0. The van der Waals surface area contributed by atoms with E-state index in [1.807, 2.05) is 6.92 Å². The summed E-state index contributed by atoms with van der Waals surface area (Å²) < 4.78 is 34.5. The predicted molar refractivity (Wildman–Crippen MR) is 193 cm³/mol. The summed E-state index contributed by atoms with van der Waals surface area (Å²) in [6.07, 6.45) is -13.7. The predicted octanol–water partition coefficient (Wildman–Crippen LogP) is -4.19. The van der Waals surface area contributed by atoms with Crippen molar-refractivity contribution in [2.24, 2.45) is 5.41 Å². The molecule has 3 aliphatic rings. The molecule has 0 bridgehead atoms. The molecule has 18 nitrogen and oxygen atoms in total. The molecule has 0 amide bonds. The van der Waals surface area contributed by atoms with Crippen molar-refractivity contribution >= 4 is 35.3 Å².